The summed E-state index contributed by atoms with van der Waals surface area (Å²) < 4.78 is 0. The maximum Gasteiger partial charge on any atom is 0.248 e. The number of hydrogen-bond donors (Lipinski definition) is 2. The number of aryl methyl sites for hydroxylation is 2. The molecule has 0 fully saturated rings. The van der Waals surface area contributed by atoms with Gasteiger partial charge in [0, 0.05) is 11.8 Å². The van der Waals surface area contributed by atoms with Gasteiger partial charge in [-0.25, -0.2) is 4.98 Å². The number of thiazole rings is 1. The topological polar surface area (TPSA) is 71.1 Å². The summed E-state index contributed by atoms with van der Waals surface area (Å²) in [5, 5.41) is 6.21. The molecule has 1 unspecified atom stereocenters. The van der Waals surface area contributed by atoms with E-state index in [0.717, 1.165) is 18.5 Å². The summed E-state index contributed by atoms with van der Waals surface area (Å²) in [6, 6.07) is -0.522. The lowest BCUT2D eigenvalue weighted by atomic mass is 10.0. The molecular weight excluding hydrogens is 286 g/mol. The van der Waals surface area contributed by atoms with Crippen LogP contribution in [0, 0.1) is 5.92 Å². The van der Waals surface area contributed by atoms with Gasteiger partial charge in [0.1, 0.15) is 6.04 Å². The van der Waals surface area contributed by atoms with Crippen LogP contribution >= 0.6 is 11.3 Å². The highest BCUT2D eigenvalue weighted by atomic mass is 32.1. The average Bonchev–Trinajstić information content (AvgIpc) is 2.64. The number of rotatable bonds is 4. The van der Waals surface area contributed by atoms with Crippen molar-refractivity contribution in [1.29, 1.82) is 0 Å². The second kappa shape index (κ2) is 7.02. The van der Waals surface area contributed by atoms with E-state index in [2.05, 4.69) is 15.6 Å². The lowest BCUT2D eigenvalue weighted by molar-refractivity contribution is -0.126. The fraction of sp³-hybridized carbons (Fsp3) is 0.667. The summed E-state index contributed by atoms with van der Waals surface area (Å²) in [7, 11) is 0. The summed E-state index contributed by atoms with van der Waals surface area (Å²) in [5.41, 5.74) is 1.13. The second-order valence-electron chi connectivity index (χ2n) is 5.86. The molecule has 0 saturated carbocycles. The number of amides is 2. The summed E-state index contributed by atoms with van der Waals surface area (Å²) in [6.45, 7) is 5.25. The van der Waals surface area contributed by atoms with Crippen molar-refractivity contribution in [3.05, 3.63) is 10.6 Å². The Labute approximate surface area is 129 Å². The molecule has 1 aromatic heterocycles. The fourth-order valence-electron chi connectivity index (χ4n) is 2.52. The Bertz CT molecular complexity index is 501. The third-order valence-electron chi connectivity index (χ3n) is 3.63. The monoisotopic (exact) mass is 309 g/mol. The molecule has 6 heteroatoms. The van der Waals surface area contributed by atoms with Gasteiger partial charge >= 0.3 is 0 Å². The minimum absolute atomic E-state index is 0.0340. The third kappa shape index (κ3) is 4.27. The van der Waals surface area contributed by atoms with Crippen LogP contribution in [0.4, 0.5) is 5.13 Å². The number of hydrogen-bond acceptors (Lipinski definition) is 4. The number of carbonyl (C=O) groups is 2. The van der Waals surface area contributed by atoms with Crippen molar-refractivity contribution in [3.8, 4) is 0 Å². The predicted octanol–water partition coefficient (Wildman–Crippen LogP) is 2.51. The van der Waals surface area contributed by atoms with Crippen LogP contribution < -0.4 is 10.6 Å². The molecular formula is C15H23N3O2S. The lowest BCUT2D eigenvalue weighted by Crippen LogP contribution is -2.46. The molecule has 1 atom stereocenters. The Hall–Kier alpha value is -1.43. The first kappa shape index (κ1) is 15.9. The molecule has 21 heavy (non-hydrogen) atoms. The predicted molar refractivity (Wildman–Crippen MR) is 84.4 cm³/mol. The summed E-state index contributed by atoms with van der Waals surface area (Å²) in [4.78, 5) is 29.4. The molecule has 2 rings (SSSR count). The summed E-state index contributed by atoms with van der Waals surface area (Å²) >= 11 is 1.57. The van der Waals surface area contributed by atoms with Crippen molar-refractivity contribution in [2.75, 3.05) is 5.32 Å². The van der Waals surface area contributed by atoms with E-state index in [0.29, 0.717) is 5.13 Å². The van der Waals surface area contributed by atoms with Crippen LogP contribution in [-0.4, -0.2) is 22.8 Å². The fourth-order valence-corrected chi connectivity index (χ4v) is 3.57. The number of aromatic nitrogens is 1. The van der Waals surface area contributed by atoms with E-state index in [4.69, 9.17) is 0 Å². The highest BCUT2D eigenvalue weighted by molar-refractivity contribution is 7.15. The van der Waals surface area contributed by atoms with Crippen molar-refractivity contribution >= 4 is 28.3 Å². The second-order valence-corrected chi connectivity index (χ2v) is 6.94. The molecule has 0 radical (unpaired) electrons. The van der Waals surface area contributed by atoms with Crippen LogP contribution in [0.2, 0.25) is 0 Å². The van der Waals surface area contributed by atoms with E-state index >= 15 is 0 Å². The van der Waals surface area contributed by atoms with Gasteiger partial charge in [-0.15, -0.1) is 11.3 Å². The van der Waals surface area contributed by atoms with E-state index in [1.807, 2.05) is 13.8 Å². The summed E-state index contributed by atoms with van der Waals surface area (Å²) in [6.07, 6.45) is 5.68. The van der Waals surface area contributed by atoms with Crippen molar-refractivity contribution in [2.45, 2.75) is 58.9 Å². The average molecular weight is 309 g/mol. The first-order chi connectivity index (χ1) is 9.97. The van der Waals surface area contributed by atoms with Crippen molar-refractivity contribution in [2.24, 2.45) is 5.92 Å². The van der Waals surface area contributed by atoms with Crippen molar-refractivity contribution in [1.82, 2.24) is 10.3 Å². The number of carbonyl (C=O) groups excluding carboxylic acids is 2. The zero-order chi connectivity index (χ0) is 15.4. The van der Waals surface area contributed by atoms with E-state index in [-0.39, 0.29) is 17.7 Å². The Morgan fingerprint density at radius 1 is 1.19 bits per heavy atom. The van der Waals surface area contributed by atoms with Gasteiger partial charge in [0.2, 0.25) is 11.8 Å². The van der Waals surface area contributed by atoms with Gasteiger partial charge in [0.15, 0.2) is 5.13 Å². The number of fused-ring (bicyclic) bond motifs is 1. The van der Waals surface area contributed by atoms with E-state index < -0.39 is 6.04 Å². The van der Waals surface area contributed by atoms with Gasteiger partial charge < -0.3 is 10.6 Å². The maximum absolute atomic E-state index is 12.3. The Morgan fingerprint density at radius 3 is 2.57 bits per heavy atom. The summed E-state index contributed by atoms with van der Waals surface area (Å²) in [5.74, 6) is -0.352. The Morgan fingerprint density at radius 2 is 1.90 bits per heavy atom. The molecule has 5 nitrogen and oxygen atoms in total. The zero-order valence-electron chi connectivity index (χ0n) is 12.9. The zero-order valence-corrected chi connectivity index (χ0v) is 13.7. The molecule has 1 heterocycles. The van der Waals surface area contributed by atoms with Gasteiger partial charge in [-0.05, 0) is 31.6 Å². The van der Waals surface area contributed by atoms with Crippen LogP contribution in [-0.2, 0) is 22.4 Å². The van der Waals surface area contributed by atoms with E-state index in [9.17, 15) is 9.59 Å². The largest absolute Gasteiger partial charge is 0.344 e. The van der Waals surface area contributed by atoms with Gasteiger partial charge in [0.25, 0.3) is 0 Å². The number of nitrogens with one attached hydrogen (secondary N) is 2. The van der Waals surface area contributed by atoms with Crippen LogP contribution in [0.1, 0.15) is 50.6 Å². The highest BCUT2D eigenvalue weighted by Gasteiger charge is 2.24. The first-order valence-electron chi connectivity index (χ1n) is 7.54. The molecule has 0 saturated heterocycles. The van der Waals surface area contributed by atoms with E-state index in [1.165, 1.54) is 31.1 Å². The molecule has 0 aliphatic heterocycles. The minimum atomic E-state index is -0.522. The molecule has 1 aliphatic rings. The molecule has 116 valence electrons. The van der Waals surface area contributed by atoms with Gasteiger partial charge in [-0.3, -0.25) is 9.59 Å². The Balaban J connectivity index is 2.06. The quantitative estimate of drug-likeness (QED) is 0.840. The van der Waals surface area contributed by atoms with Gasteiger partial charge in [-0.1, -0.05) is 20.3 Å². The van der Waals surface area contributed by atoms with Crippen molar-refractivity contribution < 1.29 is 9.59 Å². The number of anilines is 1. The standard InChI is InChI=1S/C15H23N3O2S/c1-9(2)13(16-10(3)19)14(20)18-15-17-11-7-5-4-6-8-12(11)21-15/h9,13H,4-8H2,1-3H3,(H,16,19)(H,17,18,20). The van der Waals surface area contributed by atoms with E-state index in [1.54, 1.807) is 11.3 Å². The highest BCUT2D eigenvalue weighted by Crippen LogP contribution is 2.29. The normalized spacial score (nSPS) is 16.0. The minimum Gasteiger partial charge on any atom is -0.344 e. The molecule has 0 aromatic carbocycles. The van der Waals surface area contributed by atoms with Crippen LogP contribution in [0.3, 0.4) is 0 Å². The molecule has 1 aromatic rings. The van der Waals surface area contributed by atoms with Gasteiger partial charge in [-0.2, -0.15) is 0 Å². The van der Waals surface area contributed by atoms with Crippen molar-refractivity contribution in [3.63, 3.8) is 0 Å². The third-order valence-corrected chi connectivity index (χ3v) is 4.71. The molecule has 0 spiro atoms. The van der Waals surface area contributed by atoms with Gasteiger partial charge in [0.05, 0.1) is 5.69 Å². The maximum atomic E-state index is 12.3. The van der Waals surface area contributed by atoms with Crippen LogP contribution in [0.25, 0.3) is 0 Å². The SMILES string of the molecule is CC(=O)NC(C(=O)Nc1nc2c(s1)CCCCC2)C(C)C. The Kier molecular flexibility index (Phi) is 5.33. The molecule has 2 N–H and O–H groups in total. The van der Waals surface area contributed by atoms with Crippen LogP contribution in [0.15, 0.2) is 0 Å². The number of nitrogens with zero attached hydrogens (tertiary/aromatic N) is 1. The van der Waals surface area contributed by atoms with Crippen LogP contribution in [0.5, 0.6) is 0 Å². The molecule has 2 amide bonds. The first-order valence-corrected chi connectivity index (χ1v) is 8.35. The smallest absolute Gasteiger partial charge is 0.248 e. The molecule has 0 bridgehead atoms. The lowest BCUT2D eigenvalue weighted by Gasteiger charge is -2.20. The molecule has 1 aliphatic carbocycles.